The lowest BCUT2D eigenvalue weighted by Crippen LogP contribution is -2.26. The predicted octanol–water partition coefficient (Wildman–Crippen LogP) is 2.52. The van der Waals surface area contributed by atoms with Gasteiger partial charge in [0.1, 0.15) is 11.5 Å². The Labute approximate surface area is 102 Å². The first kappa shape index (κ1) is 10.9. The van der Waals surface area contributed by atoms with Gasteiger partial charge in [-0.25, -0.2) is 0 Å². The van der Waals surface area contributed by atoms with Gasteiger partial charge in [-0.3, -0.25) is 0 Å². The SMILES string of the molecule is COc1cc(OC)c2c(c1)[C@H]1CCO[C@@]1(C)C2. The second-order valence-electron chi connectivity index (χ2n) is 5.08. The summed E-state index contributed by atoms with van der Waals surface area (Å²) in [4.78, 5) is 0. The number of hydrogen-bond donors (Lipinski definition) is 0. The molecule has 1 aromatic carbocycles. The van der Waals surface area contributed by atoms with Gasteiger partial charge in [0.05, 0.1) is 19.8 Å². The second-order valence-corrected chi connectivity index (χ2v) is 5.08. The van der Waals surface area contributed by atoms with Gasteiger partial charge in [-0.05, 0) is 25.0 Å². The van der Waals surface area contributed by atoms with Crippen molar-refractivity contribution in [2.75, 3.05) is 20.8 Å². The van der Waals surface area contributed by atoms with Crippen molar-refractivity contribution in [3.63, 3.8) is 0 Å². The summed E-state index contributed by atoms with van der Waals surface area (Å²) in [7, 11) is 3.41. The van der Waals surface area contributed by atoms with E-state index < -0.39 is 0 Å². The molecule has 1 saturated heterocycles. The summed E-state index contributed by atoms with van der Waals surface area (Å²) in [6.45, 7) is 3.07. The molecule has 3 heteroatoms. The van der Waals surface area contributed by atoms with Crippen LogP contribution < -0.4 is 9.47 Å². The number of benzene rings is 1. The first-order chi connectivity index (χ1) is 8.18. The quantitative estimate of drug-likeness (QED) is 0.787. The van der Waals surface area contributed by atoms with Crippen molar-refractivity contribution in [3.8, 4) is 11.5 Å². The van der Waals surface area contributed by atoms with Crippen LogP contribution in [0.4, 0.5) is 0 Å². The molecular weight excluding hydrogens is 216 g/mol. The Bertz CT molecular complexity index is 455. The fourth-order valence-electron chi connectivity index (χ4n) is 3.27. The lowest BCUT2D eigenvalue weighted by atomic mass is 9.90. The molecular formula is C14H18O3. The molecule has 0 unspecified atom stereocenters. The monoisotopic (exact) mass is 234 g/mol. The first-order valence-electron chi connectivity index (χ1n) is 6.06. The van der Waals surface area contributed by atoms with Crippen molar-refractivity contribution >= 4 is 0 Å². The Balaban J connectivity index is 2.13. The van der Waals surface area contributed by atoms with Gasteiger partial charge in [0.2, 0.25) is 0 Å². The highest BCUT2D eigenvalue weighted by atomic mass is 16.5. The van der Waals surface area contributed by atoms with Gasteiger partial charge in [0, 0.05) is 30.6 Å². The van der Waals surface area contributed by atoms with Crippen LogP contribution in [0, 0.1) is 0 Å². The Morgan fingerprint density at radius 3 is 2.82 bits per heavy atom. The maximum absolute atomic E-state index is 5.92. The molecule has 0 spiro atoms. The maximum atomic E-state index is 5.92. The average molecular weight is 234 g/mol. The third-order valence-electron chi connectivity index (χ3n) is 4.15. The van der Waals surface area contributed by atoms with Gasteiger partial charge in [-0.15, -0.1) is 0 Å². The molecule has 0 aromatic heterocycles. The van der Waals surface area contributed by atoms with Gasteiger partial charge >= 0.3 is 0 Å². The smallest absolute Gasteiger partial charge is 0.126 e. The number of methoxy groups -OCH3 is 2. The molecule has 0 radical (unpaired) electrons. The molecule has 1 fully saturated rings. The van der Waals surface area contributed by atoms with Gasteiger partial charge in [0.25, 0.3) is 0 Å². The van der Waals surface area contributed by atoms with E-state index in [0.29, 0.717) is 5.92 Å². The van der Waals surface area contributed by atoms with Crippen LogP contribution >= 0.6 is 0 Å². The normalized spacial score (nSPS) is 29.9. The topological polar surface area (TPSA) is 27.7 Å². The van der Waals surface area contributed by atoms with Crippen LogP contribution in [-0.4, -0.2) is 26.4 Å². The highest BCUT2D eigenvalue weighted by Gasteiger charge is 2.48. The van der Waals surface area contributed by atoms with Gasteiger partial charge < -0.3 is 14.2 Å². The molecule has 3 rings (SSSR count). The first-order valence-corrected chi connectivity index (χ1v) is 6.06. The zero-order valence-corrected chi connectivity index (χ0v) is 10.6. The molecule has 1 aromatic rings. The summed E-state index contributed by atoms with van der Waals surface area (Å²) in [6, 6.07) is 4.10. The van der Waals surface area contributed by atoms with Crippen LogP contribution in [0.25, 0.3) is 0 Å². The van der Waals surface area contributed by atoms with E-state index in [9.17, 15) is 0 Å². The van der Waals surface area contributed by atoms with E-state index in [1.165, 1.54) is 11.1 Å². The van der Waals surface area contributed by atoms with Gasteiger partial charge in [-0.2, -0.15) is 0 Å². The predicted molar refractivity (Wildman–Crippen MR) is 65.0 cm³/mol. The zero-order chi connectivity index (χ0) is 12.0. The number of hydrogen-bond acceptors (Lipinski definition) is 3. The van der Waals surface area contributed by atoms with Crippen molar-refractivity contribution in [2.45, 2.75) is 31.3 Å². The standard InChI is InChI=1S/C14H18O3/c1-14-8-11-10(12(14)4-5-17-14)6-9(15-2)7-13(11)16-3/h6-7,12H,4-5,8H2,1-3H3/t12-,14+/m1/s1. The summed E-state index contributed by atoms with van der Waals surface area (Å²) < 4.78 is 16.7. The molecule has 0 amide bonds. The van der Waals surface area contributed by atoms with Crippen LogP contribution in [-0.2, 0) is 11.2 Å². The van der Waals surface area contributed by atoms with Crippen LogP contribution in [0.1, 0.15) is 30.4 Å². The van der Waals surface area contributed by atoms with E-state index in [0.717, 1.165) is 30.9 Å². The Hall–Kier alpha value is -1.22. The number of rotatable bonds is 2. The molecule has 1 aliphatic heterocycles. The minimum atomic E-state index is -0.0397. The fraction of sp³-hybridized carbons (Fsp3) is 0.571. The Morgan fingerprint density at radius 1 is 1.29 bits per heavy atom. The minimum Gasteiger partial charge on any atom is -0.497 e. The van der Waals surface area contributed by atoms with Crippen molar-refractivity contribution in [1.29, 1.82) is 0 Å². The molecule has 0 bridgehead atoms. The maximum Gasteiger partial charge on any atom is 0.126 e. The zero-order valence-electron chi connectivity index (χ0n) is 10.6. The molecule has 2 atom stereocenters. The molecule has 1 heterocycles. The summed E-state index contributed by atoms with van der Waals surface area (Å²) in [5, 5.41) is 0. The Morgan fingerprint density at radius 2 is 2.12 bits per heavy atom. The van der Waals surface area contributed by atoms with E-state index in [4.69, 9.17) is 14.2 Å². The van der Waals surface area contributed by atoms with Crippen molar-refractivity contribution in [2.24, 2.45) is 0 Å². The molecule has 1 aliphatic carbocycles. The van der Waals surface area contributed by atoms with Crippen LogP contribution in [0.15, 0.2) is 12.1 Å². The fourth-order valence-corrected chi connectivity index (χ4v) is 3.27. The lowest BCUT2D eigenvalue weighted by Gasteiger charge is -2.22. The van der Waals surface area contributed by atoms with Crippen LogP contribution in [0.3, 0.4) is 0 Å². The Kier molecular flexibility index (Phi) is 2.33. The van der Waals surface area contributed by atoms with Crippen molar-refractivity contribution < 1.29 is 14.2 Å². The molecule has 2 aliphatic rings. The van der Waals surface area contributed by atoms with E-state index in [-0.39, 0.29) is 5.60 Å². The molecule has 92 valence electrons. The van der Waals surface area contributed by atoms with E-state index >= 15 is 0 Å². The van der Waals surface area contributed by atoms with Crippen LogP contribution in [0.5, 0.6) is 11.5 Å². The van der Waals surface area contributed by atoms with Crippen molar-refractivity contribution in [1.82, 2.24) is 0 Å². The van der Waals surface area contributed by atoms with E-state index in [1.54, 1.807) is 14.2 Å². The highest BCUT2D eigenvalue weighted by Crippen LogP contribution is 2.52. The third kappa shape index (κ3) is 1.45. The van der Waals surface area contributed by atoms with Crippen LogP contribution in [0.2, 0.25) is 0 Å². The molecule has 17 heavy (non-hydrogen) atoms. The van der Waals surface area contributed by atoms with Gasteiger partial charge in [-0.1, -0.05) is 0 Å². The van der Waals surface area contributed by atoms with Gasteiger partial charge in [0.15, 0.2) is 0 Å². The highest BCUT2D eigenvalue weighted by molar-refractivity contribution is 5.53. The summed E-state index contributed by atoms with van der Waals surface area (Å²) >= 11 is 0. The van der Waals surface area contributed by atoms with E-state index in [2.05, 4.69) is 13.0 Å². The largest absolute Gasteiger partial charge is 0.497 e. The van der Waals surface area contributed by atoms with E-state index in [1.807, 2.05) is 6.07 Å². The third-order valence-corrected chi connectivity index (χ3v) is 4.15. The summed E-state index contributed by atoms with van der Waals surface area (Å²) in [5.74, 6) is 2.29. The summed E-state index contributed by atoms with van der Waals surface area (Å²) in [6.07, 6.45) is 2.04. The number of ether oxygens (including phenoxy) is 3. The second kappa shape index (κ2) is 3.64. The average Bonchev–Trinajstić information content (AvgIpc) is 2.82. The molecule has 3 nitrogen and oxygen atoms in total. The molecule has 0 saturated carbocycles. The van der Waals surface area contributed by atoms with Crippen molar-refractivity contribution in [3.05, 3.63) is 23.3 Å². The summed E-state index contributed by atoms with van der Waals surface area (Å²) in [5.41, 5.74) is 2.60. The minimum absolute atomic E-state index is 0.0397. The molecule has 0 N–H and O–H groups in total. The number of fused-ring (bicyclic) bond motifs is 3. The lowest BCUT2D eigenvalue weighted by molar-refractivity contribution is 0.0186.